The largest absolute Gasteiger partial charge is 0.396 e. The SMILES string of the molecule is OCCCSCCNC1CCN(c2ccncc2)CC1. The van der Waals surface area contributed by atoms with Crippen LogP contribution in [0.3, 0.4) is 0 Å². The summed E-state index contributed by atoms with van der Waals surface area (Å²) in [5.41, 5.74) is 1.29. The Balaban J connectivity index is 1.58. The molecule has 1 aliphatic heterocycles. The number of thioether (sulfide) groups is 1. The molecular formula is C15H25N3OS. The van der Waals surface area contributed by atoms with E-state index >= 15 is 0 Å². The first-order valence-corrected chi connectivity index (χ1v) is 8.62. The molecule has 1 saturated heterocycles. The van der Waals surface area contributed by atoms with Gasteiger partial charge in [-0.2, -0.15) is 11.8 Å². The monoisotopic (exact) mass is 295 g/mol. The van der Waals surface area contributed by atoms with Gasteiger partial charge in [-0.3, -0.25) is 4.98 Å². The van der Waals surface area contributed by atoms with Crippen molar-refractivity contribution < 1.29 is 5.11 Å². The smallest absolute Gasteiger partial charge is 0.0438 e. The Bertz CT molecular complexity index is 355. The number of rotatable bonds is 8. The van der Waals surface area contributed by atoms with Crippen molar-refractivity contribution in [2.75, 3.05) is 42.6 Å². The van der Waals surface area contributed by atoms with Crippen LogP contribution in [0.4, 0.5) is 5.69 Å². The van der Waals surface area contributed by atoms with E-state index < -0.39 is 0 Å². The van der Waals surface area contributed by atoms with Gasteiger partial charge in [-0.25, -0.2) is 0 Å². The zero-order valence-corrected chi connectivity index (χ0v) is 12.8. The van der Waals surface area contributed by atoms with Gasteiger partial charge in [-0.05, 0) is 37.1 Å². The standard InChI is InChI=1S/C15H25N3OS/c19-11-1-12-20-13-8-17-14-4-9-18(10-5-14)15-2-6-16-7-3-15/h2-3,6-7,14,17,19H,1,4-5,8-13H2. The summed E-state index contributed by atoms with van der Waals surface area (Å²) in [7, 11) is 0. The minimum absolute atomic E-state index is 0.313. The molecule has 0 saturated carbocycles. The Morgan fingerprint density at radius 1 is 1.25 bits per heavy atom. The van der Waals surface area contributed by atoms with Crippen LogP contribution in [0, 0.1) is 0 Å². The predicted molar refractivity (Wildman–Crippen MR) is 86.5 cm³/mol. The molecule has 0 aliphatic carbocycles. The van der Waals surface area contributed by atoms with E-state index in [0.717, 1.165) is 37.6 Å². The van der Waals surface area contributed by atoms with Crippen LogP contribution in [-0.4, -0.2) is 53.9 Å². The molecule has 1 aromatic rings. The molecule has 1 fully saturated rings. The van der Waals surface area contributed by atoms with Gasteiger partial charge in [0.15, 0.2) is 0 Å². The lowest BCUT2D eigenvalue weighted by molar-refractivity contribution is 0.296. The molecule has 112 valence electrons. The maximum Gasteiger partial charge on any atom is 0.0438 e. The first-order valence-electron chi connectivity index (χ1n) is 7.47. The van der Waals surface area contributed by atoms with Crippen LogP contribution in [0.2, 0.25) is 0 Å². The summed E-state index contributed by atoms with van der Waals surface area (Å²) >= 11 is 1.92. The number of nitrogens with one attached hydrogen (secondary N) is 1. The van der Waals surface area contributed by atoms with Crippen molar-refractivity contribution in [1.82, 2.24) is 10.3 Å². The highest BCUT2D eigenvalue weighted by atomic mass is 32.2. The summed E-state index contributed by atoms with van der Waals surface area (Å²) < 4.78 is 0. The Morgan fingerprint density at radius 3 is 2.70 bits per heavy atom. The van der Waals surface area contributed by atoms with Crippen molar-refractivity contribution in [3.05, 3.63) is 24.5 Å². The molecule has 4 nitrogen and oxygen atoms in total. The molecule has 2 rings (SSSR count). The first-order chi connectivity index (χ1) is 9.90. The lowest BCUT2D eigenvalue weighted by Gasteiger charge is -2.34. The summed E-state index contributed by atoms with van der Waals surface area (Å²) in [5.74, 6) is 2.21. The second-order valence-corrected chi connectivity index (χ2v) is 6.34. The normalized spacial score (nSPS) is 16.6. The molecule has 2 N–H and O–H groups in total. The summed E-state index contributed by atoms with van der Waals surface area (Å²) in [6, 6.07) is 4.84. The van der Waals surface area contributed by atoms with E-state index in [1.54, 1.807) is 0 Å². The number of nitrogens with zero attached hydrogens (tertiary/aromatic N) is 2. The Kier molecular flexibility index (Phi) is 7.19. The van der Waals surface area contributed by atoms with Crippen molar-refractivity contribution in [3.8, 4) is 0 Å². The molecule has 2 heterocycles. The van der Waals surface area contributed by atoms with Gasteiger partial charge in [-0.1, -0.05) is 0 Å². The third-order valence-corrected chi connectivity index (χ3v) is 4.72. The second-order valence-electron chi connectivity index (χ2n) is 5.11. The quantitative estimate of drug-likeness (QED) is 0.716. The lowest BCUT2D eigenvalue weighted by Crippen LogP contribution is -2.43. The minimum Gasteiger partial charge on any atom is -0.396 e. The summed E-state index contributed by atoms with van der Waals surface area (Å²) in [5, 5.41) is 12.4. The Labute approximate surface area is 126 Å². The van der Waals surface area contributed by atoms with E-state index in [0.29, 0.717) is 12.6 Å². The molecule has 5 heteroatoms. The molecule has 0 spiro atoms. The second kappa shape index (κ2) is 9.21. The fourth-order valence-corrected chi connectivity index (χ4v) is 3.30. The topological polar surface area (TPSA) is 48.4 Å². The molecule has 0 aromatic carbocycles. The molecule has 0 bridgehead atoms. The molecule has 0 amide bonds. The van der Waals surface area contributed by atoms with E-state index in [9.17, 15) is 0 Å². The number of hydrogen-bond acceptors (Lipinski definition) is 5. The lowest BCUT2D eigenvalue weighted by atomic mass is 10.0. The van der Waals surface area contributed by atoms with E-state index in [1.165, 1.54) is 18.5 Å². The van der Waals surface area contributed by atoms with Crippen LogP contribution in [-0.2, 0) is 0 Å². The third kappa shape index (κ3) is 5.31. The Hall–Kier alpha value is -0.780. The fourth-order valence-electron chi connectivity index (χ4n) is 2.50. The van der Waals surface area contributed by atoms with Crippen LogP contribution in [0.15, 0.2) is 24.5 Å². The molecular weight excluding hydrogens is 270 g/mol. The third-order valence-electron chi connectivity index (χ3n) is 3.65. The zero-order valence-electron chi connectivity index (χ0n) is 12.0. The number of aliphatic hydroxyl groups is 1. The summed E-state index contributed by atoms with van der Waals surface area (Å²) in [6.45, 7) is 3.64. The van der Waals surface area contributed by atoms with Crippen molar-refractivity contribution >= 4 is 17.4 Å². The molecule has 0 unspecified atom stereocenters. The first kappa shape index (κ1) is 15.6. The number of anilines is 1. The molecule has 0 radical (unpaired) electrons. The summed E-state index contributed by atoms with van der Waals surface area (Å²) in [6.07, 6.45) is 7.06. The highest BCUT2D eigenvalue weighted by Crippen LogP contribution is 2.18. The van der Waals surface area contributed by atoms with Crippen molar-refractivity contribution in [3.63, 3.8) is 0 Å². The average molecular weight is 295 g/mol. The zero-order chi connectivity index (χ0) is 14.0. The number of aromatic nitrogens is 1. The summed E-state index contributed by atoms with van der Waals surface area (Å²) in [4.78, 5) is 6.51. The van der Waals surface area contributed by atoms with Gasteiger partial charge in [0.1, 0.15) is 0 Å². The molecule has 0 atom stereocenters. The van der Waals surface area contributed by atoms with E-state index in [-0.39, 0.29) is 0 Å². The van der Waals surface area contributed by atoms with Gasteiger partial charge >= 0.3 is 0 Å². The van der Waals surface area contributed by atoms with E-state index in [1.807, 2.05) is 24.2 Å². The predicted octanol–water partition coefficient (Wildman–Crippen LogP) is 1.76. The molecule has 1 aliphatic rings. The fraction of sp³-hybridized carbons (Fsp3) is 0.667. The molecule has 20 heavy (non-hydrogen) atoms. The highest BCUT2D eigenvalue weighted by molar-refractivity contribution is 7.99. The van der Waals surface area contributed by atoms with Gasteiger partial charge in [0.25, 0.3) is 0 Å². The van der Waals surface area contributed by atoms with Crippen molar-refractivity contribution in [1.29, 1.82) is 0 Å². The van der Waals surface area contributed by atoms with Crippen LogP contribution >= 0.6 is 11.8 Å². The van der Waals surface area contributed by atoms with Crippen LogP contribution in [0.5, 0.6) is 0 Å². The number of piperidine rings is 1. The highest BCUT2D eigenvalue weighted by Gasteiger charge is 2.18. The van der Waals surface area contributed by atoms with Crippen LogP contribution in [0.1, 0.15) is 19.3 Å². The number of aliphatic hydroxyl groups excluding tert-OH is 1. The van der Waals surface area contributed by atoms with Crippen molar-refractivity contribution in [2.24, 2.45) is 0 Å². The molecule has 1 aromatic heterocycles. The van der Waals surface area contributed by atoms with E-state index in [4.69, 9.17) is 5.11 Å². The van der Waals surface area contributed by atoms with Gasteiger partial charge in [-0.15, -0.1) is 0 Å². The number of hydrogen-bond donors (Lipinski definition) is 2. The minimum atomic E-state index is 0.313. The maximum atomic E-state index is 8.71. The van der Waals surface area contributed by atoms with E-state index in [2.05, 4.69) is 27.3 Å². The van der Waals surface area contributed by atoms with Gasteiger partial charge < -0.3 is 15.3 Å². The van der Waals surface area contributed by atoms with Gasteiger partial charge in [0, 0.05) is 56.1 Å². The Morgan fingerprint density at radius 2 is 2.00 bits per heavy atom. The van der Waals surface area contributed by atoms with Gasteiger partial charge in [0.2, 0.25) is 0 Å². The van der Waals surface area contributed by atoms with Crippen molar-refractivity contribution in [2.45, 2.75) is 25.3 Å². The van der Waals surface area contributed by atoms with Crippen LogP contribution < -0.4 is 10.2 Å². The van der Waals surface area contributed by atoms with Crippen LogP contribution in [0.25, 0.3) is 0 Å². The number of pyridine rings is 1. The van der Waals surface area contributed by atoms with Gasteiger partial charge in [0.05, 0.1) is 0 Å². The average Bonchev–Trinajstić information content (AvgIpc) is 2.52. The maximum absolute atomic E-state index is 8.71.